The molecule has 0 atom stereocenters. The van der Waals surface area contributed by atoms with Crippen LogP contribution in [0, 0.1) is 0 Å². The minimum Gasteiger partial charge on any atom is -0.459 e. The minimum absolute atomic E-state index is 0.169. The molecule has 0 unspecified atom stereocenters. The van der Waals surface area contributed by atoms with Crippen LogP contribution in [0.5, 0.6) is 0 Å². The zero-order valence-electron chi connectivity index (χ0n) is 15.5. The summed E-state index contributed by atoms with van der Waals surface area (Å²) in [5.41, 5.74) is 2.74. The highest BCUT2D eigenvalue weighted by atomic mass is 16.3. The molecule has 0 radical (unpaired) electrons. The maximum absolute atomic E-state index is 12.3. The summed E-state index contributed by atoms with van der Waals surface area (Å²) in [4.78, 5) is 28.5. The van der Waals surface area contributed by atoms with Crippen LogP contribution in [0.15, 0.2) is 41.0 Å². The van der Waals surface area contributed by atoms with Gasteiger partial charge in [-0.1, -0.05) is 6.92 Å². The third-order valence-corrected chi connectivity index (χ3v) is 4.52. The van der Waals surface area contributed by atoms with Gasteiger partial charge in [-0.2, -0.15) is 0 Å². The van der Waals surface area contributed by atoms with Crippen molar-refractivity contribution in [3.8, 4) is 0 Å². The summed E-state index contributed by atoms with van der Waals surface area (Å²) in [6.07, 6.45) is 4.11. The fourth-order valence-electron chi connectivity index (χ4n) is 3.02. The lowest BCUT2D eigenvalue weighted by molar-refractivity contribution is -0.132. The summed E-state index contributed by atoms with van der Waals surface area (Å²) >= 11 is 0. The number of anilines is 2. The summed E-state index contributed by atoms with van der Waals surface area (Å²) < 4.78 is 5.14. The molecular weight excluding hydrogens is 330 g/mol. The van der Waals surface area contributed by atoms with Crippen molar-refractivity contribution < 1.29 is 14.0 Å². The molecule has 2 aromatic rings. The first-order valence-electron chi connectivity index (χ1n) is 8.94. The SMILES string of the molecule is CCC(=O)N(Cc1cc(NC(=O)c2ccco2)ccc1N(C)C)C1CC1. The normalized spacial score (nSPS) is 13.3. The highest BCUT2D eigenvalue weighted by Crippen LogP contribution is 2.32. The number of carbonyl (C=O) groups is 2. The molecule has 0 spiro atoms. The second kappa shape index (κ2) is 7.64. The topological polar surface area (TPSA) is 65.8 Å². The summed E-state index contributed by atoms with van der Waals surface area (Å²) in [6.45, 7) is 2.44. The molecule has 1 N–H and O–H groups in total. The Morgan fingerprint density at radius 3 is 2.58 bits per heavy atom. The summed E-state index contributed by atoms with van der Waals surface area (Å²) in [7, 11) is 3.95. The molecule has 1 fully saturated rings. The molecule has 6 nitrogen and oxygen atoms in total. The van der Waals surface area contributed by atoms with E-state index < -0.39 is 0 Å². The molecule has 1 heterocycles. The number of nitrogens with zero attached hydrogens (tertiary/aromatic N) is 2. The lowest BCUT2D eigenvalue weighted by Crippen LogP contribution is -2.32. The number of carbonyl (C=O) groups excluding carboxylic acids is 2. The van der Waals surface area contributed by atoms with Crippen molar-refractivity contribution in [3.05, 3.63) is 47.9 Å². The van der Waals surface area contributed by atoms with Gasteiger partial charge in [0.05, 0.1) is 6.26 Å². The molecule has 1 saturated carbocycles. The van der Waals surface area contributed by atoms with Gasteiger partial charge in [0.15, 0.2) is 5.76 Å². The Kier molecular flexibility index (Phi) is 5.30. The number of hydrogen-bond acceptors (Lipinski definition) is 4. The molecule has 1 aromatic carbocycles. The molecule has 0 saturated heterocycles. The zero-order valence-corrected chi connectivity index (χ0v) is 15.5. The first kappa shape index (κ1) is 18.0. The number of benzene rings is 1. The highest BCUT2D eigenvalue weighted by Gasteiger charge is 2.32. The molecule has 1 aliphatic rings. The highest BCUT2D eigenvalue weighted by molar-refractivity contribution is 6.02. The van der Waals surface area contributed by atoms with Crippen LogP contribution in [0.4, 0.5) is 11.4 Å². The van der Waals surface area contributed by atoms with Crippen LogP contribution >= 0.6 is 0 Å². The first-order valence-corrected chi connectivity index (χ1v) is 8.94. The summed E-state index contributed by atoms with van der Waals surface area (Å²) in [5.74, 6) is 0.147. The van der Waals surface area contributed by atoms with Crippen LogP contribution in [0.1, 0.15) is 42.3 Å². The Morgan fingerprint density at radius 1 is 1.23 bits per heavy atom. The number of nitrogens with one attached hydrogen (secondary N) is 1. The van der Waals surface area contributed by atoms with Gasteiger partial charge in [-0.3, -0.25) is 9.59 Å². The Labute approximate surface area is 153 Å². The van der Waals surface area contributed by atoms with Crippen LogP contribution in [0.2, 0.25) is 0 Å². The summed E-state index contributed by atoms with van der Waals surface area (Å²) in [6, 6.07) is 9.42. The van der Waals surface area contributed by atoms with E-state index in [2.05, 4.69) is 5.32 Å². The van der Waals surface area contributed by atoms with Crippen LogP contribution in [-0.2, 0) is 11.3 Å². The quantitative estimate of drug-likeness (QED) is 0.825. The Balaban J connectivity index is 1.84. The van der Waals surface area contributed by atoms with Crippen molar-refractivity contribution in [2.24, 2.45) is 0 Å². The lowest BCUT2D eigenvalue weighted by Gasteiger charge is -2.26. The largest absolute Gasteiger partial charge is 0.459 e. The van der Waals surface area contributed by atoms with Crippen LogP contribution < -0.4 is 10.2 Å². The molecule has 3 rings (SSSR count). The van der Waals surface area contributed by atoms with E-state index in [4.69, 9.17) is 4.42 Å². The van der Waals surface area contributed by atoms with E-state index in [9.17, 15) is 9.59 Å². The maximum Gasteiger partial charge on any atom is 0.291 e. The molecular formula is C20H25N3O3. The second-order valence-corrected chi connectivity index (χ2v) is 6.78. The standard InChI is InChI=1S/C20H25N3O3/c1-4-19(24)23(16-8-9-16)13-14-12-15(7-10-17(14)22(2)3)21-20(25)18-6-5-11-26-18/h5-7,10-12,16H,4,8-9,13H2,1-3H3,(H,21,25). The van der Waals surface area contributed by atoms with E-state index in [1.807, 2.05) is 49.0 Å². The summed E-state index contributed by atoms with van der Waals surface area (Å²) in [5, 5.41) is 2.86. The molecule has 138 valence electrons. The van der Waals surface area contributed by atoms with E-state index >= 15 is 0 Å². The fourth-order valence-corrected chi connectivity index (χ4v) is 3.02. The van der Waals surface area contributed by atoms with Gasteiger partial charge in [0.25, 0.3) is 5.91 Å². The molecule has 0 aliphatic heterocycles. The maximum atomic E-state index is 12.3. The van der Waals surface area contributed by atoms with Gasteiger partial charge < -0.3 is 19.5 Å². The van der Waals surface area contributed by atoms with Crippen molar-refractivity contribution in [3.63, 3.8) is 0 Å². The van der Waals surface area contributed by atoms with E-state index in [-0.39, 0.29) is 17.6 Å². The molecule has 6 heteroatoms. The average molecular weight is 355 g/mol. The van der Waals surface area contributed by atoms with Gasteiger partial charge in [-0.05, 0) is 48.7 Å². The van der Waals surface area contributed by atoms with Gasteiger partial charge in [-0.25, -0.2) is 0 Å². The lowest BCUT2D eigenvalue weighted by atomic mass is 10.1. The number of rotatable bonds is 7. The predicted octanol–water partition coefficient (Wildman–Crippen LogP) is 3.50. The molecule has 1 aliphatic carbocycles. The zero-order chi connectivity index (χ0) is 18.7. The number of hydrogen-bond donors (Lipinski definition) is 1. The van der Waals surface area contributed by atoms with Gasteiger partial charge >= 0.3 is 0 Å². The Morgan fingerprint density at radius 2 is 2.00 bits per heavy atom. The average Bonchev–Trinajstić information content (AvgIpc) is 3.31. The van der Waals surface area contributed by atoms with Crippen LogP contribution in [0.25, 0.3) is 0 Å². The molecule has 2 amide bonds. The predicted molar refractivity (Wildman–Crippen MR) is 101 cm³/mol. The van der Waals surface area contributed by atoms with Gasteiger partial charge in [-0.15, -0.1) is 0 Å². The molecule has 1 aromatic heterocycles. The van der Waals surface area contributed by atoms with Crippen molar-refractivity contribution in [1.29, 1.82) is 0 Å². The van der Waals surface area contributed by atoms with Crippen LogP contribution in [-0.4, -0.2) is 36.9 Å². The number of amides is 2. The number of furan rings is 1. The molecule has 0 bridgehead atoms. The van der Waals surface area contributed by atoms with Crippen LogP contribution in [0.3, 0.4) is 0 Å². The third-order valence-electron chi connectivity index (χ3n) is 4.52. The monoisotopic (exact) mass is 355 g/mol. The van der Waals surface area contributed by atoms with E-state index in [1.165, 1.54) is 6.26 Å². The minimum atomic E-state index is -0.290. The third kappa shape index (κ3) is 4.07. The van der Waals surface area contributed by atoms with Crippen molar-refractivity contribution in [2.75, 3.05) is 24.3 Å². The van der Waals surface area contributed by atoms with E-state index in [1.54, 1.807) is 12.1 Å². The van der Waals surface area contributed by atoms with Gasteiger partial charge in [0.2, 0.25) is 5.91 Å². The van der Waals surface area contributed by atoms with Gasteiger partial charge in [0.1, 0.15) is 0 Å². The smallest absolute Gasteiger partial charge is 0.291 e. The van der Waals surface area contributed by atoms with E-state index in [0.717, 1.165) is 24.1 Å². The van der Waals surface area contributed by atoms with Crippen molar-refractivity contribution in [1.82, 2.24) is 4.90 Å². The Hall–Kier alpha value is -2.76. The van der Waals surface area contributed by atoms with Gasteiger partial charge in [0, 0.05) is 44.5 Å². The fraction of sp³-hybridized carbons (Fsp3) is 0.400. The molecule has 26 heavy (non-hydrogen) atoms. The van der Waals surface area contributed by atoms with Crippen molar-refractivity contribution in [2.45, 2.75) is 38.8 Å². The Bertz CT molecular complexity index is 780. The first-order chi connectivity index (χ1) is 12.5. The van der Waals surface area contributed by atoms with Crippen molar-refractivity contribution >= 4 is 23.2 Å². The van der Waals surface area contributed by atoms with E-state index in [0.29, 0.717) is 24.7 Å². The second-order valence-electron chi connectivity index (χ2n) is 6.78.